The monoisotopic (exact) mass is 385 g/mol. The van der Waals surface area contributed by atoms with E-state index in [0.29, 0.717) is 10.9 Å². The summed E-state index contributed by atoms with van der Waals surface area (Å²) in [5.74, 6) is -0.154. The van der Waals surface area contributed by atoms with Gasteiger partial charge >= 0.3 is 6.18 Å². The number of rotatable bonds is 3. The van der Waals surface area contributed by atoms with Crippen molar-refractivity contribution in [1.82, 2.24) is 15.1 Å². The molecule has 1 amide bonds. The lowest BCUT2D eigenvalue weighted by atomic mass is 9.87. The van der Waals surface area contributed by atoms with Crippen molar-refractivity contribution >= 4 is 17.5 Å². The van der Waals surface area contributed by atoms with Crippen molar-refractivity contribution in [3.05, 3.63) is 46.7 Å². The molecule has 1 aromatic carbocycles. The van der Waals surface area contributed by atoms with Gasteiger partial charge in [-0.15, -0.1) is 0 Å². The van der Waals surface area contributed by atoms with Crippen molar-refractivity contribution in [1.29, 1.82) is 0 Å². The van der Waals surface area contributed by atoms with Crippen LogP contribution in [0.5, 0.6) is 0 Å². The molecule has 0 saturated heterocycles. The lowest BCUT2D eigenvalue weighted by Gasteiger charge is -2.27. The van der Waals surface area contributed by atoms with E-state index in [1.54, 1.807) is 0 Å². The Kier molecular flexibility index (Phi) is 5.27. The van der Waals surface area contributed by atoms with Crippen LogP contribution >= 0.6 is 11.6 Å². The molecule has 1 saturated carbocycles. The molecule has 0 unspecified atom stereocenters. The smallest absolute Gasteiger partial charge is 0.349 e. The number of halogens is 4. The summed E-state index contributed by atoms with van der Waals surface area (Å²) in [6, 6.07) is 5.70. The molecular weight excluding hydrogens is 367 g/mol. The van der Waals surface area contributed by atoms with Crippen molar-refractivity contribution in [3.8, 4) is 5.69 Å². The van der Waals surface area contributed by atoms with Gasteiger partial charge < -0.3 is 5.32 Å². The molecule has 8 heteroatoms. The summed E-state index contributed by atoms with van der Waals surface area (Å²) < 4.78 is 41.6. The summed E-state index contributed by atoms with van der Waals surface area (Å²) in [4.78, 5) is 12.5. The number of hydrogen-bond donors (Lipinski definition) is 1. The normalized spacial score (nSPS) is 20.8. The average Bonchev–Trinajstić information content (AvgIpc) is 3.03. The van der Waals surface area contributed by atoms with Crippen molar-refractivity contribution < 1.29 is 18.0 Å². The fraction of sp³-hybridized carbons (Fsp3) is 0.444. The summed E-state index contributed by atoms with van der Waals surface area (Å²) in [5, 5.41) is 6.93. The van der Waals surface area contributed by atoms with Gasteiger partial charge in [-0.05, 0) is 55.9 Å². The molecular formula is C18H19ClF3N3O. The fourth-order valence-electron chi connectivity index (χ4n) is 3.23. The molecule has 1 heterocycles. The third-order valence-electron chi connectivity index (χ3n) is 4.70. The molecule has 0 radical (unpaired) electrons. The molecule has 1 N–H and O–H groups in total. The van der Waals surface area contributed by atoms with Crippen LogP contribution in [0.15, 0.2) is 30.5 Å². The van der Waals surface area contributed by atoms with Gasteiger partial charge in [0, 0.05) is 11.1 Å². The number of hydrogen-bond acceptors (Lipinski definition) is 2. The van der Waals surface area contributed by atoms with Gasteiger partial charge in [-0.25, -0.2) is 4.68 Å². The van der Waals surface area contributed by atoms with Crippen LogP contribution in [0.2, 0.25) is 5.02 Å². The SMILES string of the molecule is CC1CCC(NC(=O)c2cnn(-c3ccc(Cl)cc3)c2C(F)(F)F)CC1. The quantitative estimate of drug-likeness (QED) is 0.820. The number of benzene rings is 1. The van der Waals surface area contributed by atoms with Crippen LogP contribution in [0, 0.1) is 5.92 Å². The van der Waals surface area contributed by atoms with Crippen molar-refractivity contribution in [3.63, 3.8) is 0 Å². The second kappa shape index (κ2) is 7.31. The van der Waals surface area contributed by atoms with Gasteiger partial charge in [-0.2, -0.15) is 18.3 Å². The summed E-state index contributed by atoms with van der Waals surface area (Å²) in [7, 11) is 0. The van der Waals surface area contributed by atoms with E-state index < -0.39 is 23.3 Å². The molecule has 3 rings (SSSR count). The van der Waals surface area contributed by atoms with Crippen LogP contribution in [0.4, 0.5) is 13.2 Å². The minimum atomic E-state index is -4.72. The zero-order valence-corrected chi connectivity index (χ0v) is 14.9. The number of amides is 1. The number of nitrogens with zero attached hydrogens (tertiary/aromatic N) is 2. The first-order valence-corrected chi connectivity index (χ1v) is 8.85. The van der Waals surface area contributed by atoms with E-state index in [4.69, 9.17) is 11.6 Å². The molecule has 0 spiro atoms. The van der Waals surface area contributed by atoms with Gasteiger partial charge in [0.05, 0.1) is 17.4 Å². The standard InChI is InChI=1S/C18H19ClF3N3O/c1-11-2-6-13(7-3-11)24-17(26)15-10-23-25(16(15)18(20,21)22)14-8-4-12(19)5-9-14/h4-5,8-11,13H,2-3,6-7H2,1H3,(H,24,26). The minimum Gasteiger partial charge on any atom is -0.349 e. The summed E-state index contributed by atoms with van der Waals surface area (Å²) in [6.45, 7) is 2.13. The van der Waals surface area contributed by atoms with E-state index in [9.17, 15) is 18.0 Å². The maximum Gasteiger partial charge on any atom is 0.434 e. The molecule has 1 aromatic heterocycles. The molecule has 2 aromatic rings. The Labute approximate surface area is 154 Å². The first kappa shape index (κ1) is 18.8. The second-order valence-corrected chi connectivity index (χ2v) is 7.16. The fourth-order valence-corrected chi connectivity index (χ4v) is 3.36. The topological polar surface area (TPSA) is 46.9 Å². The maximum absolute atomic E-state index is 13.6. The van der Waals surface area contributed by atoms with Gasteiger partial charge in [0.2, 0.25) is 0 Å². The lowest BCUT2D eigenvalue weighted by molar-refractivity contribution is -0.143. The first-order chi connectivity index (χ1) is 12.3. The zero-order valence-electron chi connectivity index (χ0n) is 14.2. The van der Waals surface area contributed by atoms with E-state index in [1.807, 2.05) is 0 Å². The van der Waals surface area contributed by atoms with Crippen molar-refractivity contribution in [2.24, 2.45) is 5.92 Å². The average molecular weight is 386 g/mol. The maximum atomic E-state index is 13.6. The molecule has 1 aliphatic carbocycles. The first-order valence-electron chi connectivity index (χ1n) is 8.47. The molecule has 0 aliphatic heterocycles. The van der Waals surface area contributed by atoms with E-state index in [-0.39, 0.29) is 11.7 Å². The summed E-state index contributed by atoms with van der Waals surface area (Å²) in [6.07, 6.45) is -0.274. The van der Waals surface area contributed by atoms with Crippen LogP contribution in [-0.2, 0) is 6.18 Å². The van der Waals surface area contributed by atoms with Crippen LogP contribution in [0.1, 0.15) is 48.7 Å². The Morgan fingerprint density at radius 3 is 2.38 bits per heavy atom. The Bertz CT molecular complexity index is 778. The van der Waals surface area contributed by atoms with Gasteiger partial charge in [0.25, 0.3) is 5.91 Å². The Morgan fingerprint density at radius 2 is 1.81 bits per heavy atom. The van der Waals surface area contributed by atoms with Crippen LogP contribution in [0.25, 0.3) is 5.69 Å². The van der Waals surface area contributed by atoms with E-state index in [1.165, 1.54) is 24.3 Å². The highest BCUT2D eigenvalue weighted by Gasteiger charge is 2.41. The van der Waals surface area contributed by atoms with Crippen LogP contribution in [0.3, 0.4) is 0 Å². The third kappa shape index (κ3) is 4.03. The Balaban J connectivity index is 1.89. The molecule has 4 nitrogen and oxygen atoms in total. The van der Waals surface area contributed by atoms with Gasteiger partial charge in [-0.3, -0.25) is 4.79 Å². The van der Waals surface area contributed by atoms with E-state index in [0.717, 1.165) is 36.6 Å². The molecule has 26 heavy (non-hydrogen) atoms. The van der Waals surface area contributed by atoms with Crippen LogP contribution < -0.4 is 5.32 Å². The lowest BCUT2D eigenvalue weighted by Crippen LogP contribution is -2.38. The van der Waals surface area contributed by atoms with E-state index in [2.05, 4.69) is 17.3 Å². The number of nitrogens with one attached hydrogen (secondary N) is 1. The number of carbonyl (C=O) groups excluding carboxylic acids is 1. The highest BCUT2D eigenvalue weighted by atomic mass is 35.5. The third-order valence-corrected chi connectivity index (χ3v) is 4.96. The minimum absolute atomic E-state index is 0.0985. The number of alkyl halides is 3. The molecule has 1 aliphatic rings. The largest absolute Gasteiger partial charge is 0.434 e. The summed E-state index contributed by atoms with van der Waals surface area (Å²) >= 11 is 5.79. The molecule has 140 valence electrons. The van der Waals surface area contributed by atoms with Crippen molar-refractivity contribution in [2.45, 2.75) is 44.8 Å². The highest BCUT2D eigenvalue weighted by Crippen LogP contribution is 2.34. The van der Waals surface area contributed by atoms with Gasteiger partial charge in [-0.1, -0.05) is 18.5 Å². The highest BCUT2D eigenvalue weighted by molar-refractivity contribution is 6.30. The van der Waals surface area contributed by atoms with Crippen LogP contribution in [-0.4, -0.2) is 21.7 Å². The van der Waals surface area contributed by atoms with Crippen molar-refractivity contribution in [2.75, 3.05) is 0 Å². The molecule has 0 bridgehead atoms. The number of carbonyl (C=O) groups is 1. The van der Waals surface area contributed by atoms with Gasteiger partial charge in [0.1, 0.15) is 0 Å². The molecule has 0 atom stereocenters. The predicted octanol–water partition coefficient (Wildman–Crippen LogP) is 4.85. The zero-order chi connectivity index (χ0) is 18.9. The Hall–Kier alpha value is -2.02. The number of aromatic nitrogens is 2. The predicted molar refractivity (Wildman–Crippen MR) is 92.5 cm³/mol. The molecule has 1 fully saturated rings. The summed E-state index contributed by atoms with van der Waals surface area (Å²) in [5.41, 5.74) is -1.36. The van der Waals surface area contributed by atoms with Gasteiger partial charge in [0.15, 0.2) is 5.69 Å². The van der Waals surface area contributed by atoms with E-state index >= 15 is 0 Å². The second-order valence-electron chi connectivity index (χ2n) is 6.72. The Morgan fingerprint density at radius 1 is 1.19 bits per heavy atom.